The van der Waals surface area contributed by atoms with Crippen LogP contribution in [-0.4, -0.2) is 45.2 Å². The van der Waals surface area contributed by atoms with Gasteiger partial charge in [0.2, 0.25) is 0 Å². The number of rotatable bonds is 5. The lowest BCUT2D eigenvalue weighted by atomic mass is 9.70. The largest absolute Gasteiger partial charge is 0.465 e. The maximum absolute atomic E-state index is 13.3. The van der Waals surface area contributed by atoms with Gasteiger partial charge in [-0.15, -0.1) is 0 Å². The molecule has 0 radical (unpaired) electrons. The summed E-state index contributed by atoms with van der Waals surface area (Å²) in [5.74, 6) is -0.253. The van der Waals surface area contributed by atoms with Crippen LogP contribution in [0, 0.1) is 12.3 Å². The first-order chi connectivity index (χ1) is 13.5. The van der Waals surface area contributed by atoms with Crippen LogP contribution in [0.3, 0.4) is 0 Å². The number of fused-ring (bicyclic) bond motifs is 2. The molecule has 2 aromatic rings. The predicted molar refractivity (Wildman–Crippen MR) is 105 cm³/mol. The highest BCUT2D eigenvalue weighted by Gasteiger charge is 2.62. The average molecular weight is 381 g/mol. The van der Waals surface area contributed by atoms with Crippen molar-refractivity contribution in [3.63, 3.8) is 0 Å². The molecule has 0 aliphatic carbocycles. The molecule has 0 unspecified atom stereocenters. The van der Waals surface area contributed by atoms with Crippen molar-refractivity contribution < 1.29 is 14.3 Å². The lowest BCUT2D eigenvalue weighted by Crippen LogP contribution is -2.47. The van der Waals surface area contributed by atoms with Crippen LogP contribution in [0.1, 0.15) is 47.9 Å². The number of aryl methyl sites for hydroxylation is 2. The first kappa shape index (κ1) is 18.7. The van der Waals surface area contributed by atoms with E-state index in [-0.39, 0.29) is 24.0 Å². The van der Waals surface area contributed by atoms with E-state index in [0.29, 0.717) is 25.1 Å². The van der Waals surface area contributed by atoms with Crippen LogP contribution in [0.4, 0.5) is 0 Å². The Hall–Kier alpha value is -2.63. The first-order valence-corrected chi connectivity index (χ1v) is 10.0. The van der Waals surface area contributed by atoms with Gasteiger partial charge in [-0.05, 0) is 51.2 Å². The first-order valence-electron chi connectivity index (χ1n) is 10.0. The Morgan fingerprint density at radius 1 is 1.25 bits per heavy atom. The van der Waals surface area contributed by atoms with Gasteiger partial charge >= 0.3 is 5.97 Å². The smallest absolute Gasteiger partial charge is 0.314 e. The second kappa shape index (κ2) is 7.08. The second-order valence-electron chi connectivity index (χ2n) is 8.00. The average Bonchev–Trinajstić information content (AvgIpc) is 3.34. The van der Waals surface area contributed by atoms with Crippen molar-refractivity contribution in [2.75, 3.05) is 6.61 Å². The van der Waals surface area contributed by atoms with Crippen molar-refractivity contribution in [3.8, 4) is 0 Å². The summed E-state index contributed by atoms with van der Waals surface area (Å²) in [5.41, 5.74) is 1.82. The molecule has 2 aliphatic rings. The minimum atomic E-state index is -0.681. The maximum atomic E-state index is 13.3. The summed E-state index contributed by atoms with van der Waals surface area (Å²) in [4.78, 5) is 28.4. The highest BCUT2D eigenvalue weighted by molar-refractivity contribution is 5.94. The molecule has 2 bridgehead atoms. The van der Waals surface area contributed by atoms with Crippen molar-refractivity contribution in [2.45, 2.75) is 51.6 Å². The third-order valence-electron chi connectivity index (χ3n) is 6.35. The molecule has 28 heavy (non-hydrogen) atoms. The van der Waals surface area contributed by atoms with Crippen LogP contribution >= 0.6 is 0 Å². The Balaban J connectivity index is 1.69. The number of aromatic nitrogens is 2. The van der Waals surface area contributed by atoms with Gasteiger partial charge in [0.05, 0.1) is 12.0 Å². The Labute approximate surface area is 165 Å². The lowest BCUT2D eigenvalue weighted by Gasteiger charge is -2.35. The summed E-state index contributed by atoms with van der Waals surface area (Å²) >= 11 is 0. The number of hydrogen-bond acceptors (Lipinski definition) is 4. The van der Waals surface area contributed by atoms with Gasteiger partial charge in [0.1, 0.15) is 0 Å². The van der Waals surface area contributed by atoms with Gasteiger partial charge in [-0.1, -0.05) is 30.3 Å². The molecule has 0 spiro atoms. The minimum Gasteiger partial charge on any atom is -0.465 e. The molecule has 1 aromatic heterocycles. The minimum absolute atomic E-state index is 0.0629. The number of amides is 1. The van der Waals surface area contributed by atoms with Gasteiger partial charge in [0.15, 0.2) is 5.69 Å². The van der Waals surface area contributed by atoms with Gasteiger partial charge < -0.3 is 9.64 Å². The van der Waals surface area contributed by atoms with Crippen LogP contribution in [0.15, 0.2) is 36.4 Å². The van der Waals surface area contributed by atoms with E-state index in [0.717, 1.165) is 24.1 Å². The van der Waals surface area contributed by atoms with E-state index in [4.69, 9.17) is 4.74 Å². The maximum Gasteiger partial charge on any atom is 0.314 e. The highest BCUT2D eigenvalue weighted by Crippen LogP contribution is 2.52. The van der Waals surface area contributed by atoms with Crippen molar-refractivity contribution in [1.82, 2.24) is 14.7 Å². The molecule has 1 amide bonds. The number of ether oxygens (including phenoxy) is 1. The van der Waals surface area contributed by atoms with Crippen LogP contribution in [-0.2, 0) is 23.0 Å². The fraction of sp³-hybridized carbons (Fsp3) is 0.500. The summed E-state index contributed by atoms with van der Waals surface area (Å²) in [6.07, 6.45) is 3.01. The van der Waals surface area contributed by atoms with E-state index in [1.54, 1.807) is 4.68 Å². The van der Waals surface area contributed by atoms with Crippen molar-refractivity contribution >= 4 is 11.9 Å². The van der Waals surface area contributed by atoms with Gasteiger partial charge in [-0.2, -0.15) is 5.10 Å². The standard InChI is InChI=1S/C22H27N3O3/c1-4-28-21(27)22(13-16-8-6-5-7-9-16)14-17-10-11-19(22)25(17)20(26)18-12-15(2)24(3)23-18/h5-9,12,17,19H,4,10-11,13-14H2,1-3H3/t17-,19+,22+/m1/s1. The normalized spacial score (nSPS) is 25.9. The fourth-order valence-electron chi connectivity index (χ4n) is 5.00. The summed E-state index contributed by atoms with van der Waals surface area (Å²) < 4.78 is 7.23. The lowest BCUT2D eigenvalue weighted by molar-refractivity contribution is -0.157. The molecular formula is C22H27N3O3. The molecule has 6 nitrogen and oxygen atoms in total. The predicted octanol–water partition coefficient (Wildman–Crippen LogP) is 2.90. The Kier molecular flexibility index (Phi) is 4.73. The number of hydrogen-bond donors (Lipinski definition) is 0. The van der Waals surface area contributed by atoms with E-state index in [1.165, 1.54) is 0 Å². The van der Waals surface area contributed by atoms with E-state index < -0.39 is 5.41 Å². The summed E-state index contributed by atoms with van der Waals surface area (Å²) in [7, 11) is 1.84. The monoisotopic (exact) mass is 381 g/mol. The molecule has 4 rings (SSSR count). The number of nitrogens with zero attached hydrogens (tertiary/aromatic N) is 3. The Morgan fingerprint density at radius 3 is 2.64 bits per heavy atom. The SMILES string of the molecule is CCOC(=O)[C@@]1(Cc2ccccc2)C[C@H]2CC[C@@H]1N2C(=O)c1cc(C)n(C)n1. The molecule has 1 aromatic carbocycles. The quantitative estimate of drug-likeness (QED) is 0.747. The third kappa shape index (κ3) is 2.91. The topological polar surface area (TPSA) is 64.4 Å². The van der Waals surface area contributed by atoms with Crippen LogP contribution in [0.5, 0.6) is 0 Å². The molecule has 3 atom stereocenters. The molecule has 148 valence electrons. The van der Waals surface area contributed by atoms with Gasteiger partial charge in [0.25, 0.3) is 5.91 Å². The van der Waals surface area contributed by atoms with E-state index in [2.05, 4.69) is 5.10 Å². The summed E-state index contributed by atoms with van der Waals surface area (Å²) in [5, 5.41) is 4.37. The summed E-state index contributed by atoms with van der Waals surface area (Å²) in [6, 6.07) is 11.8. The van der Waals surface area contributed by atoms with Crippen molar-refractivity contribution in [2.24, 2.45) is 12.5 Å². The van der Waals surface area contributed by atoms with Crippen molar-refractivity contribution in [3.05, 3.63) is 53.3 Å². The number of esters is 1. The molecule has 0 saturated carbocycles. The Bertz CT molecular complexity index is 872. The van der Waals surface area contributed by atoms with Gasteiger partial charge in [0, 0.05) is 24.8 Å². The second-order valence-corrected chi connectivity index (χ2v) is 8.00. The third-order valence-corrected chi connectivity index (χ3v) is 6.35. The number of benzene rings is 1. The van der Waals surface area contributed by atoms with Gasteiger partial charge in [-0.3, -0.25) is 14.3 Å². The molecular weight excluding hydrogens is 354 g/mol. The van der Waals surface area contributed by atoms with Crippen molar-refractivity contribution in [1.29, 1.82) is 0 Å². The zero-order valence-electron chi connectivity index (χ0n) is 16.7. The number of carbonyl (C=O) groups is 2. The number of carbonyl (C=O) groups excluding carboxylic acids is 2. The Morgan fingerprint density at radius 2 is 2.00 bits per heavy atom. The molecule has 0 N–H and O–H groups in total. The van der Waals surface area contributed by atoms with Crippen LogP contribution in [0.2, 0.25) is 0 Å². The molecule has 6 heteroatoms. The molecule has 3 heterocycles. The molecule has 2 fully saturated rings. The van der Waals surface area contributed by atoms with E-state index in [9.17, 15) is 9.59 Å². The molecule has 2 saturated heterocycles. The van der Waals surface area contributed by atoms with E-state index >= 15 is 0 Å². The van der Waals surface area contributed by atoms with Crippen LogP contribution < -0.4 is 0 Å². The van der Waals surface area contributed by atoms with E-state index in [1.807, 2.05) is 62.2 Å². The molecule has 2 aliphatic heterocycles. The van der Waals surface area contributed by atoms with Gasteiger partial charge in [-0.25, -0.2) is 0 Å². The highest BCUT2D eigenvalue weighted by atomic mass is 16.5. The fourth-order valence-corrected chi connectivity index (χ4v) is 5.00. The zero-order valence-corrected chi connectivity index (χ0v) is 16.7. The summed E-state index contributed by atoms with van der Waals surface area (Å²) in [6.45, 7) is 4.11. The zero-order chi connectivity index (χ0) is 19.9. The van der Waals surface area contributed by atoms with Crippen LogP contribution in [0.25, 0.3) is 0 Å².